The lowest BCUT2D eigenvalue weighted by Crippen LogP contribution is -2.18. The molecular weight excluding hydrogens is 263 g/mol. The second-order valence-electron chi connectivity index (χ2n) is 3.28. The molecule has 0 radical (unpaired) electrons. The Hall–Kier alpha value is -0.810. The zero-order valence-electron chi connectivity index (χ0n) is 8.68. The molecule has 0 bridgehead atoms. The first-order chi connectivity index (χ1) is 7.04. The van der Waals surface area contributed by atoms with Gasteiger partial charge in [0, 0.05) is 19.7 Å². The summed E-state index contributed by atoms with van der Waals surface area (Å²) in [5.74, 6) is -0.336. The molecule has 0 amide bonds. The van der Waals surface area contributed by atoms with Crippen LogP contribution in [0.1, 0.15) is 6.92 Å². The van der Waals surface area contributed by atoms with E-state index in [9.17, 15) is 4.39 Å². The number of hydrogen-bond donors (Lipinski definition) is 2. The Morgan fingerprint density at radius 2 is 2.27 bits per heavy atom. The maximum atomic E-state index is 13.2. The van der Waals surface area contributed by atoms with E-state index in [4.69, 9.17) is 10.5 Å². The molecule has 1 aromatic carbocycles. The standard InChI is InChI=1S/C10H14BrFN2O/c1-6(15-2)5-14-10-4-8(12)7(11)3-9(10)13/h3-4,6,14H,5,13H2,1-2H3. The van der Waals surface area contributed by atoms with Crippen molar-refractivity contribution < 1.29 is 9.13 Å². The van der Waals surface area contributed by atoms with Crippen LogP contribution in [0.3, 0.4) is 0 Å². The summed E-state index contributed by atoms with van der Waals surface area (Å²) in [6.07, 6.45) is 0.0520. The van der Waals surface area contributed by atoms with Gasteiger partial charge in [-0.1, -0.05) is 0 Å². The van der Waals surface area contributed by atoms with Crippen LogP contribution in [0.15, 0.2) is 16.6 Å². The van der Waals surface area contributed by atoms with Gasteiger partial charge < -0.3 is 15.8 Å². The van der Waals surface area contributed by atoms with E-state index in [1.807, 2.05) is 6.92 Å². The number of methoxy groups -OCH3 is 1. The fourth-order valence-electron chi connectivity index (χ4n) is 1.05. The largest absolute Gasteiger partial charge is 0.397 e. The number of halogens is 2. The van der Waals surface area contributed by atoms with Gasteiger partial charge in [0.05, 0.1) is 22.0 Å². The molecule has 1 aromatic rings. The minimum atomic E-state index is -0.336. The summed E-state index contributed by atoms with van der Waals surface area (Å²) in [6.45, 7) is 2.50. The zero-order chi connectivity index (χ0) is 11.4. The Morgan fingerprint density at radius 3 is 2.87 bits per heavy atom. The van der Waals surface area contributed by atoms with E-state index in [0.29, 0.717) is 22.4 Å². The monoisotopic (exact) mass is 276 g/mol. The van der Waals surface area contributed by atoms with Gasteiger partial charge in [-0.2, -0.15) is 0 Å². The van der Waals surface area contributed by atoms with Crippen molar-refractivity contribution in [3.8, 4) is 0 Å². The van der Waals surface area contributed by atoms with Crippen molar-refractivity contribution in [2.24, 2.45) is 0 Å². The minimum absolute atomic E-state index is 0.0520. The van der Waals surface area contributed by atoms with Gasteiger partial charge in [-0.3, -0.25) is 0 Å². The number of nitrogens with two attached hydrogens (primary N) is 1. The molecule has 0 saturated heterocycles. The predicted octanol–water partition coefficient (Wildman–Crippen LogP) is 2.62. The van der Waals surface area contributed by atoms with Crippen molar-refractivity contribution in [3.63, 3.8) is 0 Å². The molecule has 3 nitrogen and oxygen atoms in total. The summed E-state index contributed by atoms with van der Waals surface area (Å²) in [7, 11) is 1.62. The number of anilines is 2. The minimum Gasteiger partial charge on any atom is -0.397 e. The van der Waals surface area contributed by atoms with Crippen LogP contribution in [-0.4, -0.2) is 19.8 Å². The zero-order valence-corrected chi connectivity index (χ0v) is 10.3. The number of benzene rings is 1. The summed E-state index contributed by atoms with van der Waals surface area (Å²) in [5.41, 5.74) is 6.81. The van der Waals surface area contributed by atoms with E-state index in [1.54, 1.807) is 7.11 Å². The summed E-state index contributed by atoms with van der Waals surface area (Å²) >= 11 is 3.07. The van der Waals surface area contributed by atoms with Gasteiger partial charge in [0.1, 0.15) is 5.82 Å². The molecule has 0 heterocycles. The second-order valence-corrected chi connectivity index (χ2v) is 4.14. The molecule has 5 heteroatoms. The van der Waals surface area contributed by atoms with Gasteiger partial charge in [-0.15, -0.1) is 0 Å². The van der Waals surface area contributed by atoms with Gasteiger partial charge in [0.15, 0.2) is 0 Å². The molecule has 84 valence electrons. The Labute approximate surface area is 96.9 Å². The van der Waals surface area contributed by atoms with E-state index in [2.05, 4.69) is 21.2 Å². The SMILES string of the molecule is COC(C)CNc1cc(F)c(Br)cc1N. The molecule has 0 fully saturated rings. The Balaban J connectivity index is 2.73. The predicted molar refractivity (Wildman–Crippen MR) is 63.5 cm³/mol. The van der Waals surface area contributed by atoms with E-state index in [0.717, 1.165) is 0 Å². The number of hydrogen-bond acceptors (Lipinski definition) is 3. The summed E-state index contributed by atoms with van der Waals surface area (Å²) in [6, 6.07) is 2.90. The highest BCUT2D eigenvalue weighted by molar-refractivity contribution is 9.10. The van der Waals surface area contributed by atoms with Gasteiger partial charge in [0.25, 0.3) is 0 Å². The van der Waals surface area contributed by atoms with Gasteiger partial charge in [0.2, 0.25) is 0 Å². The van der Waals surface area contributed by atoms with E-state index >= 15 is 0 Å². The lowest BCUT2D eigenvalue weighted by atomic mass is 10.2. The second kappa shape index (κ2) is 5.32. The quantitative estimate of drug-likeness (QED) is 0.832. The van der Waals surface area contributed by atoms with Crippen LogP contribution in [0.25, 0.3) is 0 Å². The van der Waals surface area contributed by atoms with E-state index in [-0.39, 0.29) is 11.9 Å². The third kappa shape index (κ3) is 3.35. The van der Waals surface area contributed by atoms with Crippen molar-refractivity contribution in [2.45, 2.75) is 13.0 Å². The topological polar surface area (TPSA) is 47.3 Å². The molecule has 0 saturated carbocycles. The van der Waals surface area contributed by atoms with Crippen LogP contribution in [0.5, 0.6) is 0 Å². The fraction of sp³-hybridized carbons (Fsp3) is 0.400. The van der Waals surface area contributed by atoms with Gasteiger partial charge in [-0.05, 0) is 28.9 Å². The summed E-state index contributed by atoms with van der Waals surface area (Å²) in [5, 5.41) is 3.02. The summed E-state index contributed by atoms with van der Waals surface area (Å²) in [4.78, 5) is 0. The maximum absolute atomic E-state index is 13.2. The van der Waals surface area contributed by atoms with Crippen molar-refractivity contribution in [1.82, 2.24) is 0 Å². The van der Waals surface area contributed by atoms with Gasteiger partial charge >= 0.3 is 0 Å². The third-order valence-electron chi connectivity index (χ3n) is 2.07. The third-order valence-corrected chi connectivity index (χ3v) is 2.68. The molecule has 0 aliphatic heterocycles. The molecule has 15 heavy (non-hydrogen) atoms. The molecule has 0 spiro atoms. The number of rotatable bonds is 4. The van der Waals surface area contributed by atoms with E-state index < -0.39 is 0 Å². The van der Waals surface area contributed by atoms with Crippen molar-refractivity contribution in [1.29, 1.82) is 0 Å². The Morgan fingerprint density at radius 1 is 1.60 bits per heavy atom. The van der Waals surface area contributed by atoms with Crippen molar-refractivity contribution in [2.75, 3.05) is 24.7 Å². The van der Waals surface area contributed by atoms with Crippen molar-refractivity contribution in [3.05, 3.63) is 22.4 Å². The number of nitrogen functional groups attached to an aromatic ring is 1. The summed E-state index contributed by atoms with van der Waals surface area (Å²) < 4.78 is 18.6. The Kier molecular flexibility index (Phi) is 4.35. The normalized spacial score (nSPS) is 12.5. The van der Waals surface area contributed by atoms with Gasteiger partial charge in [-0.25, -0.2) is 4.39 Å². The molecule has 1 rings (SSSR count). The highest BCUT2D eigenvalue weighted by Crippen LogP contribution is 2.26. The molecular formula is C10H14BrFN2O. The molecule has 3 N–H and O–H groups in total. The van der Waals surface area contributed by atoms with Crippen molar-refractivity contribution >= 4 is 27.3 Å². The Bertz CT molecular complexity index is 346. The first-order valence-corrected chi connectivity index (χ1v) is 5.35. The molecule has 1 unspecified atom stereocenters. The molecule has 0 aliphatic carbocycles. The molecule has 1 atom stereocenters. The van der Waals surface area contributed by atoms with E-state index in [1.165, 1.54) is 12.1 Å². The average Bonchev–Trinajstić information content (AvgIpc) is 2.21. The highest BCUT2D eigenvalue weighted by Gasteiger charge is 2.06. The van der Waals surface area contributed by atoms with Crippen LogP contribution in [0, 0.1) is 5.82 Å². The van der Waals surface area contributed by atoms with Crippen LogP contribution in [-0.2, 0) is 4.74 Å². The highest BCUT2D eigenvalue weighted by atomic mass is 79.9. The smallest absolute Gasteiger partial charge is 0.139 e. The lowest BCUT2D eigenvalue weighted by Gasteiger charge is -2.14. The van der Waals surface area contributed by atoms with Crippen LogP contribution < -0.4 is 11.1 Å². The molecule has 0 aliphatic rings. The maximum Gasteiger partial charge on any atom is 0.139 e. The van der Waals surface area contributed by atoms with Crippen LogP contribution in [0.2, 0.25) is 0 Å². The lowest BCUT2D eigenvalue weighted by molar-refractivity contribution is 0.129. The van der Waals surface area contributed by atoms with Crippen LogP contribution in [0.4, 0.5) is 15.8 Å². The average molecular weight is 277 g/mol. The number of ether oxygens (including phenoxy) is 1. The fourth-order valence-corrected chi connectivity index (χ4v) is 1.41. The number of nitrogens with one attached hydrogen (secondary N) is 1. The first kappa shape index (κ1) is 12.3. The van der Waals surface area contributed by atoms with Crippen LogP contribution >= 0.6 is 15.9 Å². The molecule has 0 aromatic heterocycles. The first-order valence-electron chi connectivity index (χ1n) is 4.55.